The summed E-state index contributed by atoms with van der Waals surface area (Å²) in [6.45, 7) is 11.5. The van der Waals surface area contributed by atoms with E-state index in [0.717, 1.165) is 25.7 Å². The highest BCUT2D eigenvalue weighted by atomic mass is 16.5. The number of carbonyl (C=O) groups excluding carboxylic acids is 1. The third-order valence-corrected chi connectivity index (χ3v) is 4.26. The monoisotopic (exact) mass is 254 g/mol. The Morgan fingerprint density at radius 1 is 1.28 bits per heavy atom. The summed E-state index contributed by atoms with van der Waals surface area (Å²) in [5, 5.41) is 0. The van der Waals surface area contributed by atoms with Crippen LogP contribution in [0.4, 0.5) is 0 Å². The second-order valence-corrected chi connectivity index (χ2v) is 6.68. The van der Waals surface area contributed by atoms with E-state index in [1.54, 1.807) is 0 Å². The molecule has 1 aliphatic rings. The van der Waals surface area contributed by atoms with Crippen molar-refractivity contribution in [2.45, 2.75) is 78.7 Å². The van der Waals surface area contributed by atoms with Crippen LogP contribution >= 0.6 is 0 Å². The van der Waals surface area contributed by atoms with Crippen molar-refractivity contribution in [1.29, 1.82) is 0 Å². The third kappa shape index (κ3) is 3.14. The molecule has 2 nitrogen and oxygen atoms in total. The van der Waals surface area contributed by atoms with Gasteiger partial charge in [-0.2, -0.15) is 0 Å². The largest absolute Gasteiger partial charge is 0.367 e. The Kier molecular flexibility index (Phi) is 5.39. The molecule has 2 heteroatoms. The fourth-order valence-corrected chi connectivity index (χ4v) is 3.45. The average Bonchev–Trinajstić information content (AvgIpc) is 2.34. The summed E-state index contributed by atoms with van der Waals surface area (Å²) in [7, 11) is 0. The van der Waals surface area contributed by atoms with Gasteiger partial charge in [0, 0.05) is 13.0 Å². The minimum absolute atomic E-state index is 0.138. The lowest BCUT2D eigenvalue weighted by Crippen LogP contribution is -2.54. The summed E-state index contributed by atoms with van der Waals surface area (Å²) in [6, 6.07) is 0. The first-order valence-electron chi connectivity index (χ1n) is 7.55. The predicted octanol–water partition coefficient (Wildman–Crippen LogP) is 4.37. The molecule has 0 N–H and O–H groups in total. The zero-order valence-corrected chi connectivity index (χ0v) is 12.8. The van der Waals surface area contributed by atoms with Crippen molar-refractivity contribution < 1.29 is 9.53 Å². The van der Waals surface area contributed by atoms with E-state index >= 15 is 0 Å². The van der Waals surface area contributed by atoms with Crippen LogP contribution in [-0.2, 0) is 9.53 Å². The lowest BCUT2D eigenvalue weighted by molar-refractivity contribution is -0.169. The molecule has 1 rings (SSSR count). The number of ether oxygens (including phenoxy) is 1. The van der Waals surface area contributed by atoms with Crippen LogP contribution in [0.2, 0.25) is 0 Å². The van der Waals surface area contributed by atoms with E-state index in [2.05, 4.69) is 27.7 Å². The lowest BCUT2D eigenvalue weighted by Gasteiger charge is -2.48. The van der Waals surface area contributed by atoms with Crippen LogP contribution in [0.5, 0.6) is 0 Å². The van der Waals surface area contributed by atoms with Gasteiger partial charge in [0.1, 0.15) is 5.60 Å². The molecule has 0 aliphatic heterocycles. The average molecular weight is 254 g/mol. The molecule has 2 atom stereocenters. The highest BCUT2D eigenvalue weighted by Crippen LogP contribution is 2.47. The molecule has 0 aromatic carbocycles. The van der Waals surface area contributed by atoms with Crippen molar-refractivity contribution in [2.75, 3.05) is 6.61 Å². The van der Waals surface area contributed by atoms with Gasteiger partial charge < -0.3 is 4.74 Å². The molecule has 1 saturated carbocycles. The smallest absolute Gasteiger partial charge is 0.164 e. The van der Waals surface area contributed by atoms with Crippen molar-refractivity contribution in [3.63, 3.8) is 0 Å². The van der Waals surface area contributed by atoms with E-state index < -0.39 is 5.60 Å². The number of ketones is 1. The molecule has 0 aromatic heterocycles. The quantitative estimate of drug-likeness (QED) is 0.728. The van der Waals surface area contributed by atoms with Gasteiger partial charge in [-0.15, -0.1) is 0 Å². The van der Waals surface area contributed by atoms with Gasteiger partial charge >= 0.3 is 0 Å². The second kappa shape index (κ2) is 6.18. The van der Waals surface area contributed by atoms with Gasteiger partial charge in [0.25, 0.3) is 0 Å². The molecule has 0 radical (unpaired) electrons. The Morgan fingerprint density at radius 3 is 2.44 bits per heavy atom. The van der Waals surface area contributed by atoms with Crippen LogP contribution in [0.15, 0.2) is 0 Å². The Bertz CT molecular complexity index is 277. The maximum atomic E-state index is 12.5. The van der Waals surface area contributed by atoms with Crippen molar-refractivity contribution in [3.8, 4) is 0 Å². The summed E-state index contributed by atoms with van der Waals surface area (Å²) in [5.74, 6) is 0.674. The van der Waals surface area contributed by atoms with Crippen LogP contribution in [0.3, 0.4) is 0 Å². The van der Waals surface area contributed by atoms with Crippen molar-refractivity contribution in [1.82, 2.24) is 0 Å². The Labute approximate surface area is 112 Å². The van der Waals surface area contributed by atoms with Gasteiger partial charge in [-0.05, 0) is 30.6 Å². The van der Waals surface area contributed by atoms with Crippen LogP contribution in [0.1, 0.15) is 73.1 Å². The summed E-state index contributed by atoms with van der Waals surface area (Å²) < 4.78 is 6.16. The van der Waals surface area contributed by atoms with E-state index in [9.17, 15) is 4.79 Å². The summed E-state index contributed by atoms with van der Waals surface area (Å²) >= 11 is 0. The molecule has 18 heavy (non-hydrogen) atoms. The molecule has 106 valence electrons. The molecule has 1 fully saturated rings. The lowest BCUT2D eigenvalue weighted by atomic mass is 9.62. The molecule has 1 aliphatic carbocycles. The molecule has 0 aromatic rings. The summed E-state index contributed by atoms with van der Waals surface area (Å²) in [6.07, 6.45) is 5.98. The van der Waals surface area contributed by atoms with E-state index in [4.69, 9.17) is 4.74 Å². The number of Topliss-reactive ketones (excluding diaryl/α,β-unsaturated/α-hetero) is 1. The van der Waals surface area contributed by atoms with Gasteiger partial charge in [0.05, 0.1) is 0 Å². The van der Waals surface area contributed by atoms with Crippen LogP contribution in [0, 0.1) is 11.3 Å². The van der Waals surface area contributed by atoms with Gasteiger partial charge in [-0.1, -0.05) is 47.5 Å². The first-order valence-corrected chi connectivity index (χ1v) is 7.55. The Balaban J connectivity index is 3.05. The van der Waals surface area contributed by atoms with E-state index in [-0.39, 0.29) is 5.41 Å². The molecular weight excluding hydrogens is 224 g/mol. The van der Waals surface area contributed by atoms with Gasteiger partial charge in [-0.25, -0.2) is 0 Å². The highest BCUT2D eigenvalue weighted by molar-refractivity contribution is 5.87. The fourth-order valence-electron chi connectivity index (χ4n) is 3.45. The van der Waals surface area contributed by atoms with E-state index in [0.29, 0.717) is 24.7 Å². The molecule has 0 amide bonds. The minimum Gasteiger partial charge on any atom is -0.367 e. The fraction of sp³-hybridized carbons (Fsp3) is 0.938. The molecule has 0 spiro atoms. The van der Waals surface area contributed by atoms with E-state index in [1.165, 1.54) is 6.42 Å². The molecular formula is C16H30O2. The summed E-state index contributed by atoms with van der Waals surface area (Å²) in [5.41, 5.74) is -0.361. The van der Waals surface area contributed by atoms with Crippen LogP contribution in [0.25, 0.3) is 0 Å². The Hall–Kier alpha value is -0.370. The molecule has 0 bridgehead atoms. The maximum Gasteiger partial charge on any atom is 0.164 e. The summed E-state index contributed by atoms with van der Waals surface area (Å²) in [4.78, 5) is 12.5. The zero-order chi connectivity index (χ0) is 13.8. The molecule has 2 unspecified atom stereocenters. The third-order valence-electron chi connectivity index (χ3n) is 4.26. The highest BCUT2D eigenvalue weighted by Gasteiger charge is 2.51. The minimum atomic E-state index is -0.499. The van der Waals surface area contributed by atoms with Crippen molar-refractivity contribution >= 4 is 5.78 Å². The Morgan fingerprint density at radius 2 is 1.94 bits per heavy atom. The number of rotatable bonds is 5. The van der Waals surface area contributed by atoms with Gasteiger partial charge in [0.2, 0.25) is 0 Å². The number of hydrogen-bond acceptors (Lipinski definition) is 2. The van der Waals surface area contributed by atoms with Crippen LogP contribution in [-0.4, -0.2) is 18.0 Å². The SMILES string of the molecule is CCCOC1(C(=O)CC)CCCCC1C(C)(C)C. The standard InChI is InChI=1S/C16H30O2/c1-6-12-18-16(14(17)7-2)11-9-8-10-13(16)15(3,4)5/h13H,6-12H2,1-5H3. The topological polar surface area (TPSA) is 26.3 Å². The molecule has 0 saturated heterocycles. The first kappa shape index (κ1) is 15.7. The predicted molar refractivity (Wildman–Crippen MR) is 75.7 cm³/mol. The second-order valence-electron chi connectivity index (χ2n) is 6.68. The van der Waals surface area contributed by atoms with Gasteiger partial charge in [0.15, 0.2) is 5.78 Å². The van der Waals surface area contributed by atoms with Crippen LogP contribution < -0.4 is 0 Å². The van der Waals surface area contributed by atoms with E-state index in [1.807, 2.05) is 6.92 Å². The normalized spacial score (nSPS) is 29.3. The van der Waals surface area contributed by atoms with Gasteiger partial charge in [-0.3, -0.25) is 4.79 Å². The van der Waals surface area contributed by atoms with Crippen molar-refractivity contribution in [2.24, 2.45) is 11.3 Å². The van der Waals surface area contributed by atoms with Crippen molar-refractivity contribution in [3.05, 3.63) is 0 Å². The maximum absolute atomic E-state index is 12.5. The molecule has 0 heterocycles. The number of carbonyl (C=O) groups is 1. The number of hydrogen-bond donors (Lipinski definition) is 0. The zero-order valence-electron chi connectivity index (χ0n) is 12.8. The first-order chi connectivity index (χ1) is 8.38.